The molecule has 1 amide bonds. The Morgan fingerprint density at radius 3 is 2.89 bits per heavy atom. The van der Waals surface area contributed by atoms with E-state index in [0.29, 0.717) is 24.0 Å². The molecule has 100 valence electrons. The van der Waals surface area contributed by atoms with Crippen molar-refractivity contribution in [1.29, 1.82) is 0 Å². The third-order valence-electron chi connectivity index (χ3n) is 2.23. The predicted octanol–water partition coefficient (Wildman–Crippen LogP) is 1.13. The molecule has 1 aromatic heterocycles. The Morgan fingerprint density at radius 1 is 1.56 bits per heavy atom. The van der Waals surface area contributed by atoms with Gasteiger partial charge in [-0.1, -0.05) is 6.92 Å². The summed E-state index contributed by atoms with van der Waals surface area (Å²) < 4.78 is 5.42. The fourth-order valence-corrected chi connectivity index (χ4v) is 1.45. The second-order valence-corrected chi connectivity index (χ2v) is 4.16. The number of pyridine rings is 1. The highest BCUT2D eigenvalue weighted by Gasteiger charge is 2.09. The fraction of sp³-hybridized carbons (Fsp3) is 0.500. The number of carbonyl (C=O) groups is 1. The summed E-state index contributed by atoms with van der Waals surface area (Å²) in [5, 5.41) is 3.07. The monoisotopic (exact) mass is 252 g/mol. The van der Waals surface area contributed by atoms with Gasteiger partial charge >= 0.3 is 0 Å². The molecule has 0 radical (unpaired) electrons. The zero-order valence-corrected chi connectivity index (χ0v) is 10.8. The normalized spacial score (nSPS) is 11.9. The Balaban J connectivity index is 2.68. The lowest BCUT2D eigenvalue weighted by atomic mass is 10.2. The number of nitrogens with two attached hydrogens (primary N) is 2. The zero-order chi connectivity index (χ0) is 13.5. The van der Waals surface area contributed by atoms with Crippen molar-refractivity contribution in [2.75, 3.05) is 17.7 Å². The van der Waals surface area contributed by atoms with E-state index in [-0.39, 0.29) is 18.4 Å². The second kappa shape index (κ2) is 6.68. The number of aromatic nitrogens is 1. The lowest BCUT2D eigenvalue weighted by Crippen LogP contribution is -2.24. The lowest BCUT2D eigenvalue weighted by molar-refractivity contribution is -0.118. The highest BCUT2D eigenvalue weighted by molar-refractivity contribution is 5.74. The highest BCUT2D eigenvalue weighted by Crippen LogP contribution is 2.21. The van der Waals surface area contributed by atoms with Crippen LogP contribution in [0.25, 0.3) is 0 Å². The topological polar surface area (TPSA) is 103 Å². The van der Waals surface area contributed by atoms with Crippen LogP contribution in [0, 0.1) is 0 Å². The molecule has 0 fully saturated rings. The highest BCUT2D eigenvalue weighted by atomic mass is 16.5. The Morgan fingerprint density at radius 2 is 2.28 bits per heavy atom. The zero-order valence-electron chi connectivity index (χ0n) is 10.8. The molecule has 1 rings (SSSR count). The van der Waals surface area contributed by atoms with Crippen molar-refractivity contribution in [3.63, 3.8) is 0 Å². The number of nitrogen functional groups attached to an aromatic ring is 1. The van der Waals surface area contributed by atoms with Gasteiger partial charge in [0.15, 0.2) is 0 Å². The van der Waals surface area contributed by atoms with Gasteiger partial charge in [0.05, 0.1) is 12.3 Å². The number of hydrogen-bond donors (Lipinski definition) is 3. The Kier molecular flexibility index (Phi) is 5.23. The van der Waals surface area contributed by atoms with Crippen LogP contribution in [-0.4, -0.2) is 23.5 Å². The molecule has 1 unspecified atom stereocenters. The molecule has 0 spiro atoms. The standard InChI is InChI=1S/C12H20N4O2/c1-3-6-18-12-9(13)4-5-11(16-12)15-8(2)7-10(14)17/h4-5,8H,3,6-7,13H2,1-2H3,(H2,14,17)(H,15,16). The molecule has 0 aliphatic heterocycles. The van der Waals surface area contributed by atoms with Crippen molar-refractivity contribution in [2.45, 2.75) is 32.7 Å². The van der Waals surface area contributed by atoms with Gasteiger partial charge in [-0.15, -0.1) is 0 Å². The molecule has 0 saturated carbocycles. The van der Waals surface area contributed by atoms with E-state index in [0.717, 1.165) is 6.42 Å². The number of primary amides is 1. The van der Waals surface area contributed by atoms with E-state index in [9.17, 15) is 4.79 Å². The summed E-state index contributed by atoms with van der Waals surface area (Å²) in [5.41, 5.74) is 11.4. The number of hydrogen-bond acceptors (Lipinski definition) is 5. The van der Waals surface area contributed by atoms with Gasteiger partial charge < -0.3 is 21.5 Å². The Hall–Kier alpha value is -1.98. The summed E-state index contributed by atoms with van der Waals surface area (Å²) >= 11 is 0. The van der Waals surface area contributed by atoms with Crippen LogP contribution in [0.5, 0.6) is 5.88 Å². The molecular weight excluding hydrogens is 232 g/mol. The minimum atomic E-state index is -0.354. The van der Waals surface area contributed by atoms with Gasteiger partial charge in [0.2, 0.25) is 11.8 Å². The average molecular weight is 252 g/mol. The van der Waals surface area contributed by atoms with Gasteiger partial charge in [-0.3, -0.25) is 4.79 Å². The van der Waals surface area contributed by atoms with Gasteiger partial charge in [0, 0.05) is 12.5 Å². The maximum atomic E-state index is 10.8. The van der Waals surface area contributed by atoms with Gasteiger partial charge in [-0.05, 0) is 25.5 Å². The first-order chi connectivity index (χ1) is 8.52. The van der Waals surface area contributed by atoms with E-state index >= 15 is 0 Å². The Bertz CT molecular complexity index is 409. The van der Waals surface area contributed by atoms with E-state index in [1.807, 2.05) is 13.8 Å². The van der Waals surface area contributed by atoms with Gasteiger partial charge in [-0.2, -0.15) is 4.98 Å². The molecule has 0 aromatic carbocycles. The van der Waals surface area contributed by atoms with E-state index < -0.39 is 0 Å². The molecule has 0 aliphatic rings. The summed E-state index contributed by atoms with van der Waals surface area (Å²) in [6.07, 6.45) is 1.13. The van der Waals surface area contributed by atoms with E-state index in [1.165, 1.54) is 0 Å². The molecular formula is C12H20N4O2. The molecule has 6 heteroatoms. The minimum absolute atomic E-state index is 0.0855. The van der Waals surface area contributed by atoms with Crippen LogP contribution in [0.2, 0.25) is 0 Å². The number of rotatable bonds is 7. The van der Waals surface area contributed by atoms with Crippen LogP contribution in [0.1, 0.15) is 26.7 Å². The maximum Gasteiger partial charge on any atom is 0.239 e. The van der Waals surface area contributed by atoms with Crippen LogP contribution in [-0.2, 0) is 4.79 Å². The molecule has 5 N–H and O–H groups in total. The van der Waals surface area contributed by atoms with Crippen LogP contribution >= 0.6 is 0 Å². The third-order valence-corrected chi connectivity index (χ3v) is 2.23. The first-order valence-electron chi connectivity index (χ1n) is 5.97. The number of nitrogens with zero attached hydrogens (tertiary/aromatic N) is 1. The summed E-state index contributed by atoms with van der Waals surface area (Å²) in [6, 6.07) is 3.38. The summed E-state index contributed by atoms with van der Waals surface area (Å²) in [4.78, 5) is 15.0. The van der Waals surface area contributed by atoms with E-state index in [4.69, 9.17) is 16.2 Å². The SMILES string of the molecule is CCCOc1nc(NC(C)CC(N)=O)ccc1N. The molecule has 0 saturated heterocycles. The smallest absolute Gasteiger partial charge is 0.239 e. The largest absolute Gasteiger partial charge is 0.476 e. The maximum absolute atomic E-state index is 10.8. The number of ether oxygens (including phenoxy) is 1. The number of carbonyl (C=O) groups excluding carboxylic acids is 1. The van der Waals surface area contributed by atoms with Crippen LogP contribution in [0.15, 0.2) is 12.1 Å². The second-order valence-electron chi connectivity index (χ2n) is 4.16. The van der Waals surface area contributed by atoms with Crippen LogP contribution in [0.3, 0.4) is 0 Å². The molecule has 6 nitrogen and oxygen atoms in total. The first kappa shape index (κ1) is 14.1. The number of anilines is 2. The van der Waals surface area contributed by atoms with Gasteiger partial charge in [0.1, 0.15) is 5.82 Å². The lowest BCUT2D eigenvalue weighted by Gasteiger charge is -2.14. The average Bonchev–Trinajstić information content (AvgIpc) is 2.28. The van der Waals surface area contributed by atoms with Crippen molar-refractivity contribution in [3.8, 4) is 5.88 Å². The molecule has 0 aliphatic carbocycles. The van der Waals surface area contributed by atoms with Crippen molar-refractivity contribution >= 4 is 17.4 Å². The van der Waals surface area contributed by atoms with Crippen molar-refractivity contribution in [3.05, 3.63) is 12.1 Å². The predicted molar refractivity (Wildman–Crippen MR) is 71.3 cm³/mol. The van der Waals surface area contributed by atoms with Crippen molar-refractivity contribution in [1.82, 2.24) is 4.98 Å². The quantitative estimate of drug-likeness (QED) is 0.675. The number of nitrogens with one attached hydrogen (secondary N) is 1. The van der Waals surface area contributed by atoms with Gasteiger partial charge in [0.25, 0.3) is 0 Å². The summed E-state index contributed by atoms with van der Waals surface area (Å²) in [5.74, 6) is 0.671. The van der Waals surface area contributed by atoms with Crippen LogP contribution < -0.4 is 21.5 Å². The molecule has 18 heavy (non-hydrogen) atoms. The van der Waals surface area contributed by atoms with E-state index in [2.05, 4.69) is 10.3 Å². The van der Waals surface area contributed by atoms with Crippen LogP contribution in [0.4, 0.5) is 11.5 Å². The molecule has 1 aromatic rings. The fourth-order valence-electron chi connectivity index (χ4n) is 1.45. The van der Waals surface area contributed by atoms with Crippen molar-refractivity contribution < 1.29 is 9.53 Å². The molecule has 1 atom stereocenters. The van der Waals surface area contributed by atoms with Gasteiger partial charge in [-0.25, -0.2) is 0 Å². The third kappa shape index (κ3) is 4.48. The van der Waals surface area contributed by atoms with Crippen molar-refractivity contribution in [2.24, 2.45) is 5.73 Å². The summed E-state index contributed by atoms with van der Waals surface area (Å²) in [6.45, 7) is 4.43. The minimum Gasteiger partial charge on any atom is -0.476 e. The Labute approximate surface area is 107 Å². The summed E-state index contributed by atoms with van der Waals surface area (Å²) in [7, 11) is 0. The first-order valence-corrected chi connectivity index (χ1v) is 5.97. The molecule has 1 heterocycles. The molecule has 0 bridgehead atoms. The number of amides is 1. The van der Waals surface area contributed by atoms with E-state index in [1.54, 1.807) is 12.1 Å².